The van der Waals surface area contributed by atoms with E-state index in [-0.39, 0.29) is 11.9 Å². The molecule has 0 saturated carbocycles. The van der Waals surface area contributed by atoms with Crippen molar-refractivity contribution in [2.24, 2.45) is 0 Å². The van der Waals surface area contributed by atoms with E-state index in [1.54, 1.807) is 15.9 Å². The minimum atomic E-state index is -0.0263. The lowest BCUT2D eigenvalue weighted by Gasteiger charge is -2.25. The van der Waals surface area contributed by atoms with E-state index in [9.17, 15) is 4.79 Å². The van der Waals surface area contributed by atoms with Crippen LogP contribution in [0.4, 0.5) is 0 Å². The number of halogens is 1. The average molecular weight is 432 g/mol. The van der Waals surface area contributed by atoms with Gasteiger partial charge < -0.3 is 4.90 Å². The zero-order chi connectivity index (χ0) is 17.1. The molecule has 3 rings (SSSR count). The number of nitrogens with zero attached hydrogens (tertiary/aromatic N) is 4. The third-order valence-electron chi connectivity index (χ3n) is 4.05. The molecular weight excluding hydrogens is 415 g/mol. The van der Waals surface area contributed by atoms with Crippen molar-refractivity contribution in [3.8, 4) is 5.69 Å². The van der Waals surface area contributed by atoms with Crippen molar-refractivity contribution in [2.45, 2.75) is 13.0 Å². The Kier molecular flexibility index (Phi) is 4.94. The summed E-state index contributed by atoms with van der Waals surface area (Å²) in [5.41, 5.74) is 2.71. The van der Waals surface area contributed by atoms with Gasteiger partial charge in [0.15, 0.2) is 0 Å². The Balaban J connectivity index is 1.76. The Labute approximate surface area is 154 Å². The summed E-state index contributed by atoms with van der Waals surface area (Å²) in [6.07, 6.45) is 3.16. The fraction of sp³-hybridized carbons (Fsp3) is 0.167. The molecule has 5 nitrogen and oxygen atoms in total. The third-order valence-corrected chi connectivity index (χ3v) is 4.77. The SMILES string of the molecule is C[C@@H](c1ccc(-n2cncn2)cc1)N(C)C(=O)c1ccc(I)cc1. The molecule has 0 aliphatic rings. The first kappa shape index (κ1) is 16.6. The number of carbonyl (C=O) groups is 1. The minimum Gasteiger partial charge on any atom is -0.335 e. The van der Waals surface area contributed by atoms with E-state index in [2.05, 4.69) is 32.7 Å². The second-order valence-electron chi connectivity index (χ2n) is 5.53. The largest absolute Gasteiger partial charge is 0.335 e. The van der Waals surface area contributed by atoms with Crippen molar-refractivity contribution in [1.29, 1.82) is 0 Å². The maximum absolute atomic E-state index is 12.6. The number of carbonyl (C=O) groups excluding carboxylic acids is 1. The first-order valence-corrected chi connectivity index (χ1v) is 8.62. The zero-order valence-corrected chi connectivity index (χ0v) is 15.6. The van der Waals surface area contributed by atoms with E-state index in [1.807, 2.05) is 62.5 Å². The number of hydrogen-bond acceptors (Lipinski definition) is 3. The highest BCUT2D eigenvalue weighted by atomic mass is 127. The molecule has 0 bridgehead atoms. The molecule has 1 aromatic heterocycles. The summed E-state index contributed by atoms with van der Waals surface area (Å²) in [6, 6.07) is 15.6. The number of amides is 1. The molecule has 1 amide bonds. The van der Waals surface area contributed by atoms with Gasteiger partial charge in [-0.15, -0.1) is 0 Å². The standard InChI is InChI=1S/C18H17IN4O/c1-13(22(2)18(24)15-3-7-16(19)8-4-15)14-5-9-17(10-6-14)23-12-20-11-21-23/h3-13H,1-2H3/t13-/m0/s1. The summed E-state index contributed by atoms with van der Waals surface area (Å²) in [7, 11) is 1.83. The summed E-state index contributed by atoms with van der Waals surface area (Å²) in [6.45, 7) is 2.02. The normalized spacial score (nSPS) is 12.0. The van der Waals surface area contributed by atoms with Crippen molar-refractivity contribution in [1.82, 2.24) is 19.7 Å². The molecule has 1 atom stereocenters. The molecule has 0 radical (unpaired) electrons. The first-order chi connectivity index (χ1) is 11.6. The van der Waals surface area contributed by atoms with E-state index < -0.39 is 0 Å². The van der Waals surface area contributed by atoms with Crippen LogP contribution in [0.5, 0.6) is 0 Å². The Morgan fingerprint density at radius 2 is 1.79 bits per heavy atom. The molecule has 122 valence electrons. The van der Waals surface area contributed by atoms with Gasteiger partial charge in [0.05, 0.1) is 11.7 Å². The summed E-state index contributed by atoms with van der Waals surface area (Å²) < 4.78 is 2.82. The molecule has 6 heteroatoms. The van der Waals surface area contributed by atoms with Crippen molar-refractivity contribution < 1.29 is 4.79 Å². The highest BCUT2D eigenvalue weighted by Gasteiger charge is 2.18. The molecule has 1 heterocycles. The third kappa shape index (κ3) is 3.48. The van der Waals surface area contributed by atoms with Crippen molar-refractivity contribution in [3.63, 3.8) is 0 Å². The van der Waals surface area contributed by atoms with Gasteiger partial charge in [0.1, 0.15) is 12.7 Å². The van der Waals surface area contributed by atoms with Gasteiger partial charge in [0.25, 0.3) is 5.91 Å². The van der Waals surface area contributed by atoms with Crippen molar-refractivity contribution >= 4 is 28.5 Å². The van der Waals surface area contributed by atoms with Gasteiger partial charge in [0, 0.05) is 16.2 Å². The highest BCUT2D eigenvalue weighted by Crippen LogP contribution is 2.22. The zero-order valence-electron chi connectivity index (χ0n) is 13.4. The molecule has 0 unspecified atom stereocenters. The topological polar surface area (TPSA) is 51.0 Å². The van der Waals surface area contributed by atoms with Crippen LogP contribution in [0, 0.1) is 3.57 Å². The molecule has 0 N–H and O–H groups in total. The Bertz CT molecular complexity index is 813. The van der Waals surface area contributed by atoms with Crippen LogP contribution in [0.3, 0.4) is 0 Å². The Morgan fingerprint density at radius 3 is 2.38 bits per heavy atom. The van der Waals surface area contributed by atoms with Gasteiger partial charge in [-0.05, 0) is 71.5 Å². The fourth-order valence-electron chi connectivity index (χ4n) is 2.44. The average Bonchev–Trinajstić information content (AvgIpc) is 3.15. The van der Waals surface area contributed by atoms with E-state index in [4.69, 9.17) is 0 Å². The lowest BCUT2D eigenvalue weighted by atomic mass is 10.1. The van der Waals surface area contributed by atoms with Gasteiger partial charge in [-0.25, -0.2) is 9.67 Å². The van der Waals surface area contributed by atoms with Gasteiger partial charge in [0.2, 0.25) is 0 Å². The van der Waals surface area contributed by atoms with Crippen LogP contribution in [-0.2, 0) is 0 Å². The first-order valence-electron chi connectivity index (χ1n) is 7.54. The summed E-state index contributed by atoms with van der Waals surface area (Å²) in [4.78, 5) is 18.3. The summed E-state index contributed by atoms with van der Waals surface area (Å²) >= 11 is 2.23. The van der Waals surface area contributed by atoms with Crippen LogP contribution in [-0.4, -0.2) is 32.6 Å². The highest BCUT2D eigenvalue weighted by molar-refractivity contribution is 14.1. The van der Waals surface area contributed by atoms with Crippen LogP contribution in [0.25, 0.3) is 5.69 Å². The smallest absolute Gasteiger partial charge is 0.254 e. The van der Waals surface area contributed by atoms with Crippen LogP contribution >= 0.6 is 22.6 Å². The number of benzene rings is 2. The number of rotatable bonds is 4. The molecule has 0 aliphatic heterocycles. The van der Waals surface area contributed by atoms with Gasteiger partial charge in [-0.2, -0.15) is 5.10 Å². The van der Waals surface area contributed by atoms with E-state index in [1.165, 1.54) is 6.33 Å². The predicted molar refractivity (Wildman–Crippen MR) is 101 cm³/mol. The lowest BCUT2D eigenvalue weighted by molar-refractivity contribution is 0.0742. The number of aromatic nitrogens is 3. The molecule has 3 aromatic rings. The van der Waals surface area contributed by atoms with E-state index >= 15 is 0 Å². The van der Waals surface area contributed by atoms with E-state index in [0.717, 1.165) is 14.8 Å². The predicted octanol–water partition coefficient (Wildman–Crippen LogP) is 3.71. The van der Waals surface area contributed by atoms with Crippen LogP contribution in [0.1, 0.15) is 28.9 Å². The van der Waals surface area contributed by atoms with E-state index in [0.29, 0.717) is 5.56 Å². The van der Waals surface area contributed by atoms with Crippen LogP contribution in [0.2, 0.25) is 0 Å². The van der Waals surface area contributed by atoms with Crippen LogP contribution < -0.4 is 0 Å². The second-order valence-corrected chi connectivity index (χ2v) is 6.78. The maximum atomic E-state index is 12.6. The lowest BCUT2D eigenvalue weighted by Crippen LogP contribution is -2.29. The molecule has 0 aliphatic carbocycles. The molecule has 24 heavy (non-hydrogen) atoms. The van der Waals surface area contributed by atoms with Crippen LogP contribution in [0.15, 0.2) is 61.2 Å². The van der Waals surface area contributed by atoms with Crippen molar-refractivity contribution in [3.05, 3.63) is 75.9 Å². The Hall–Kier alpha value is -2.22. The maximum Gasteiger partial charge on any atom is 0.254 e. The van der Waals surface area contributed by atoms with Gasteiger partial charge >= 0.3 is 0 Å². The molecule has 2 aromatic carbocycles. The minimum absolute atomic E-state index is 0.0132. The second kappa shape index (κ2) is 7.12. The Morgan fingerprint density at radius 1 is 1.12 bits per heavy atom. The van der Waals surface area contributed by atoms with Crippen molar-refractivity contribution in [2.75, 3.05) is 7.05 Å². The molecular formula is C18H17IN4O. The molecule has 0 saturated heterocycles. The number of hydrogen-bond donors (Lipinski definition) is 0. The summed E-state index contributed by atoms with van der Waals surface area (Å²) in [5.74, 6) is 0.0132. The van der Waals surface area contributed by atoms with Gasteiger partial charge in [-0.1, -0.05) is 12.1 Å². The molecule has 0 spiro atoms. The quantitative estimate of drug-likeness (QED) is 0.591. The summed E-state index contributed by atoms with van der Waals surface area (Å²) in [5, 5.41) is 4.11. The fourth-order valence-corrected chi connectivity index (χ4v) is 2.80. The molecule has 0 fully saturated rings. The van der Waals surface area contributed by atoms with Gasteiger partial charge in [-0.3, -0.25) is 4.79 Å². The monoisotopic (exact) mass is 432 g/mol.